The molecule has 2 heterocycles. The van der Waals surface area contributed by atoms with E-state index < -0.39 is 0 Å². The van der Waals surface area contributed by atoms with Crippen LogP contribution in [0.3, 0.4) is 0 Å². The third-order valence-corrected chi connectivity index (χ3v) is 4.18. The Morgan fingerprint density at radius 1 is 1.12 bits per heavy atom. The second-order valence-electron chi connectivity index (χ2n) is 5.40. The number of nitrogens with zero attached hydrogens (tertiary/aromatic N) is 3. The van der Waals surface area contributed by atoms with Crippen LogP contribution in [0.1, 0.15) is 5.56 Å². The minimum Gasteiger partial charge on any atom is -0.497 e. The number of ether oxygens (including phenoxy) is 1. The lowest BCUT2D eigenvalue weighted by atomic mass is 9.98. The average Bonchev–Trinajstić information content (AvgIpc) is 2.58. The van der Waals surface area contributed by atoms with Gasteiger partial charge in [0, 0.05) is 42.2 Å². The molecule has 1 aromatic carbocycles. The zero-order valence-corrected chi connectivity index (χ0v) is 14.3. The van der Waals surface area contributed by atoms with E-state index in [1.807, 2.05) is 19.1 Å². The highest BCUT2D eigenvalue weighted by Crippen LogP contribution is 2.36. The minimum atomic E-state index is -0.198. The van der Waals surface area contributed by atoms with Crippen molar-refractivity contribution in [2.75, 3.05) is 7.11 Å². The van der Waals surface area contributed by atoms with Gasteiger partial charge in [0.1, 0.15) is 11.4 Å². The second-order valence-corrected chi connectivity index (χ2v) is 5.81. The van der Waals surface area contributed by atoms with E-state index in [2.05, 4.69) is 10.1 Å². The summed E-state index contributed by atoms with van der Waals surface area (Å²) < 4.78 is 6.58. The fourth-order valence-electron chi connectivity index (χ4n) is 2.50. The van der Waals surface area contributed by atoms with Gasteiger partial charge in [0.15, 0.2) is 0 Å². The van der Waals surface area contributed by atoms with Gasteiger partial charge in [0.25, 0.3) is 5.56 Å². The summed E-state index contributed by atoms with van der Waals surface area (Å²) in [5, 5.41) is 4.97. The smallest absolute Gasteiger partial charge is 0.267 e. The number of pyridine rings is 1. The number of halogens is 1. The third-order valence-electron chi connectivity index (χ3n) is 3.85. The summed E-state index contributed by atoms with van der Waals surface area (Å²) in [6, 6.07) is 8.79. The van der Waals surface area contributed by atoms with E-state index in [0.717, 1.165) is 11.1 Å². The molecule has 0 aliphatic rings. The predicted octanol–water partition coefficient (Wildman–Crippen LogP) is 3.48. The van der Waals surface area contributed by atoms with E-state index in [-0.39, 0.29) is 5.56 Å². The van der Waals surface area contributed by atoms with Crippen LogP contribution in [-0.2, 0) is 7.05 Å². The number of aryl methyl sites for hydroxylation is 2. The van der Waals surface area contributed by atoms with Gasteiger partial charge in [0.2, 0.25) is 0 Å². The molecule has 0 bridgehead atoms. The molecule has 24 heavy (non-hydrogen) atoms. The lowest BCUT2D eigenvalue weighted by Gasteiger charge is -2.14. The number of hydrogen-bond donors (Lipinski definition) is 0. The molecule has 0 unspecified atom stereocenters. The fourth-order valence-corrected chi connectivity index (χ4v) is 2.71. The first-order valence-corrected chi connectivity index (χ1v) is 7.72. The van der Waals surface area contributed by atoms with E-state index >= 15 is 0 Å². The molecule has 2 aromatic heterocycles. The van der Waals surface area contributed by atoms with E-state index in [1.165, 1.54) is 4.68 Å². The maximum atomic E-state index is 12.1. The number of benzene rings is 1. The Morgan fingerprint density at radius 3 is 2.62 bits per heavy atom. The summed E-state index contributed by atoms with van der Waals surface area (Å²) in [4.78, 5) is 16.3. The molecule has 0 spiro atoms. The van der Waals surface area contributed by atoms with Crippen LogP contribution in [0.4, 0.5) is 0 Å². The second kappa shape index (κ2) is 6.45. The van der Waals surface area contributed by atoms with Crippen LogP contribution in [-0.4, -0.2) is 21.9 Å². The van der Waals surface area contributed by atoms with Gasteiger partial charge in [-0.15, -0.1) is 0 Å². The Morgan fingerprint density at radius 2 is 1.92 bits per heavy atom. The lowest BCUT2D eigenvalue weighted by Crippen LogP contribution is -2.20. The van der Waals surface area contributed by atoms with Gasteiger partial charge >= 0.3 is 0 Å². The number of hydrogen-bond acceptors (Lipinski definition) is 4. The third kappa shape index (κ3) is 2.90. The molecular weight excluding hydrogens is 326 g/mol. The van der Waals surface area contributed by atoms with Gasteiger partial charge in [-0.1, -0.05) is 11.6 Å². The Hall–Kier alpha value is -2.66. The van der Waals surface area contributed by atoms with Crippen molar-refractivity contribution >= 4 is 11.6 Å². The highest BCUT2D eigenvalue weighted by atomic mass is 35.5. The molecule has 122 valence electrons. The Balaban J connectivity index is 2.35. The summed E-state index contributed by atoms with van der Waals surface area (Å²) >= 11 is 6.38. The van der Waals surface area contributed by atoms with Crippen LogP contribution < -0.4 is 10.3 Å². The summed E-state index contributed by atoms with van der Waals surface area (Å²) in [5.41, 5.74) is 3.65. The summed E-state index contributed by atoms with van der Waals surface area (Å²) in [6.07, 6.45) is 3.44. The Bertz CT molecular complexity index is 967. The minimum absolute atomic E-state index is 0.198. The normalized spacial score (nSPS) is 10.7. The van der Waals surface area contributed by atoms with Gasteiger partial charge < -0.3 is 4.74 Å². The molecule has 5 nitrogen and oxygen atoms in total. The van der Waals surface area contributed by atoms with Crippen molar-refractivity contribution in [3.05, 3.63) is 63.7 Å². The Kier molecular flexibility index (Phi) is 4.36. The average molecular weight is 342 g/mol. The summed E-state index contributed by atoms with van der Waals surface area (Å²) in [7, 11) is 3.20. The molecule has 0 saturated carbocycles. The van der Waals surface area contributed by atoms with Gasteiger partial charge in [-0.3, -0.25) is 9.78 Å². The molecule has 0 aliphatic carbocycles. The maximum Gasteiger partial charge on any atom is 0.267 e. The first-order chi connectivity index (χ1) is 11.5. The molecule has 0 N–H and O–H groups in total. The van der Waals surface area contributed by atoms with Gasteiger partial charge in [-0.25, -0.2) is 4.68 Å². The predicted molar refractivity (Wildman–Crippen MR) is 94.4 cm³/mol. The van der Waals surface area contributed by atoms with Gasteiger partial charge in [0.05, 0.1) is 12.1 Å². The van der Waals surface area contributed by atoms with Crippen molar-refractivity contribution in [1.29, 1.82) is 0 Å². The van der Waals surface area contributed by atoms with Crippen LogP contribution >= 0.6 is 11.6 Å². The number of methoxy groups -OCH3 is 1. The topological polar surface area (TPSA) is 57.0 Å². The van der Waals surface area contributed by atoms with Crippen molar-refractivity contribution in [2.24, 2.45) is 7.05 Å². The van der Waals surface area contributed by atoms with Crippen LogP contribution in [0.5, 0.6) is 5.75 Å². The number of rotatable bonds is 3. The zero-order chi connectivity index (χ0) is 17.3. The van der Waals surface area contributed by atoms with Crippen molar-refractivity contribution in [2.45, 2.75) is 6.92 Å². The molecule has 6 heteroatoms. The molecule has 0 aliphatic heterocycles. The highest BCUT2D eigenvalue weighted by molar-refractivity contribution is 6.33. The van der Waals surface area contributed by atoms with Gasteiger partial charge in [-0.05, 0) is 36.8 Å². The first-order valence-electron chi connectivity index (χ1n) is 7.34. The van der Waals surface area contributed by atoms with Crippen molar-refractivity contribution in [3.8, 4) is 28.1 Å². The largest absolute Gasteiger partial charge is 0.497 e. The van der Waals surface area contributed by atoms with Crippen molar-refractivity contribution < 1.29 is 4.74 Å². The molecular formula is C18H16ClN3O2. The zero-order valence-electron chi connectivity index (χ0n) is 13.6. The molecule has 0 atom stereocenters. The van der Waals surface area contributed by atoms with Crippen LogP contribution in [0.25, 0.3) is 22.4 Å². The SMILES string of the molecule is COc1ccc(Cl)c(-c2nn(C)c(=O)cc2-c2cnccc2C)c1. The quantitative estimate of drug-likeness (QED) is 0.732. The van der Waals surface area contributed by atoms with Crippen molar-refractivity contribution in [1.82, 2.24) is 14.8 Å². The molecule has 3 aromatic rings. The maximum absolute atomic E-state index is 12.1. The first kappa shape index (κ1) is 16.2. The van der Waals surface area contributed by atoms with Gasteiger partial charge in [-0.2, -0.15) is 5.10 Å². The van der Waals surface area contributed by atoms with Crippen LogP contribution in [0.15, 0.2) is 47.5 Å². The molecule has 0 fully saturated rings. The van der Waals surface area contributed by atoms with Crippen molar-refractivity contribution in [3.63, 3.8) is 0 Å². The van der Waals surface area contributed by atoms with E-state index in [9.17, 15) is 4.79 Å². The van der Waals surface area contributed by atoms with E-state index in [1.54, 1.807) is 44.8 Å². The number of aromatic nitrogens is 3. The fraction of sp³-hybridized carbons (Fsp3) is 0.167. The van der Waals surface area contributed by atoms with Crippen LogP contribution in [0, 0.1) is 6.92 Å². The van der Waals surface area contributed by atoms with E-state index in [4.69, 9.17) is 16.3 Å². The van der Waals surface area contributed by atoms with Crippen LogP contribution in [0.2, 0.25) is 5.02 Å². The molecule has 0 radical (unpaired) electrons. The molecule has 0 saturated heterocycles. The monoisotopic (exact) mass is 341 g/mol. The molecule has 0 amide bonds. The summed E-state index contributed by atoms with van der Waals surface area (Å²) in [5.74, 6) is 0.666. The Labute approximate surface area is 144 Å². The highest BCUT2D eigenvalue weighted by Gasteiger charge is 2.17. The molecule has 3 rings (SSSR count). The standard InChI is InChI=1S/C18H16ClN3O2/c1-11-6-7-20-10-15(11)13-9-17(23)22(2)21-18(13)14-8-12(24-3)4-5-16(14)19/h4-10H,1-3H3. The summed E-state index contributed by atoms with van der Waals surface area (Å²) in [6.45, 7) is 1.96. The lowest BCUT2D eigenvalue weighted by molar-refractivity contribution is 0.415. The van der Waals surface area contributed by atoms with E-state index in [0.29, 0.717) is 27.6 Å².